The van der Waals surface area contributed by atoms with Crippen LogP contribution in [0.1, 0.15) is 42.6 Å². The molecule has 19 heteroatoms. The lowest BCUT2D eigenvalue weighted by Gasteiger charge is -2.25. The van der Waals surface area contributed by atoms with Crippen LogP contribution in [0, 0.1) is 5.41 Å². The van der Waals surface area contributed by atoms with Gasteiger partial charge in [0, 0.05) is 29.4 Å². The van der Waals surface area contributed by atoms with E-state index in [9.17, 15) is 36.0 Å². The first-order chi connectivity index (χ1) is 22.3. The second-order valence-corrected chi connectivity index (χ2v) is 14.0. The first-order valence-corrected chi connectivity index (χ1v) is 16.5. The predicted molar refractivity (Wildman–Crippen MR) is 169 cm³/mol. The van der Waals surface area contributed by atoms with Crippen molar-refractivity contribution in [3.63, 3.8) is 0 Å². The summed E-state index contributed by atoms with van der Waals surface area (Å²) in [5.41, 5.74) is 0.310. The summed E-state index contributed by atoms with van der Waals surface area (Å²) in [4.78, 5) is 48.6. The summed E-state index contributed by atoms with van der Waals surface area (Å²) in [6.07, 6.45) is -2.44. The molecule has 3 amide bonds. The smallest absolute Gasteiger partial charge is 0.422 e. The third-order valence-corrected chi connectivity index (χ3v) is 7.63. The van der Waals surface area contributed by atoms with E-state index in [1.54, 1.807) is 30.7 Å². The van der Waals surface area contributed by atoms with Crippen LogP contribution in [0.15, 0.2) is 48.5 Å². The minimum Gasteiger partial charge on any atom is -0.454 e. The minimum atomic E-state index is -4.62. The summed E-state index contributed by atoms with van der Waals surface area (Å²) in [6.45, 7) is 1.84. The SMILES string of the molecule is CC(C)(CNC(=O)C(=O)NS(C)(=O)=O)CNC(=O)c1ccc(Nc2nc(NC3(c4ccc(Cl)cc4)CC3)nc(OCC(F)(F)F)n2)cc1. The van der Waals surface area contributed by atoms with Crippen LogP contribution in [-0.2, 0) is 25.2 Å². The van der Waals surface area contributed by atoms with Crippen molar-refractivity contribution < 1.29 is 40.7 Å². The fraction of sp³-hybridized carbons (Fsp3) is 0.379. The average Bonchev–Trinajstić information content (AvgIpc) is 3.77. The van der Waals surface area contributed by atoms with Gasteiger partial charge in [0.15, 0.2) is 6.61 Å². The van der Waals surface area contributed by atoms with Crippen molar-refractivity contribution in [3.05, 3.63) is 64.7 Å². The molecular weight excluding hydrogens is 681 g/mol. The fourth-order valence-corrected chi connectivity index (χ4v) is 4.76. The van der Waals surface area contributed by atoms with Crippen LogP contribution < -0.4 is 30.7 Å². The maximum absolute atomic E-state index is 12.9. The molecule has 5 N–H and O–H groups in total. The quantitative estimate of drug-likeness (QED) is 0.163. The van der Waals surface area contributed by atoms with E-state index in [2.05, 4.69) is 36.2 Å². The number of ether oxygens (including phenoxy) is 1. The number of aromatic nitrogens is 3. The van der Waals surface area contributed by atoms with Gasteiger partial charge in [0.1, 0.15) is 0 Å². The predicted octanol–water partition coefficient (Wildman–Crippen LogP) is 3.26. The Morgan fingerprint density at radius 3 is 2.08 bits per heavy atom. The second kappa shape index (κ2) is 14.2. The Balaban J connectivity index is 1.39. The Kier molecular flexibility index (Phi) is 10.7. The lowest BCUT2D eigenvalue weighted by molar-refractivity contribution is -0.154. The van der Waals surface area contributed by atoms with E-state index in [-0.39, 0.29) is 30.5 Å². The molecule has 1 fully saturated rings. The lowest BCUT2D eigenvalue weighted by Crippen LogP contribution is -2.47. The van der Waals surface area contributed by atoms with Gasteiger partial charge >= 0.3 is 24.0 Å². The summed E-state index contributed by atoms with van der Waals surface area (Å²) in [5, 5.41) is 11.7. The van der Waals surface area contributed by atoms with Gasteiger partial charge in [0.05, 0.1) is 11.8 Å². The molecule has 0 saturated heterocycles. The van der Waals surface area contributed by atoms with Crippen molar-refractivity contribution in [2.45, 2.75) is 38.4 Å². The number of halogens is 4. The van der Waals surface area contributed by atoms with E-state index >= 15 is 0 Å². The Morgan fingerprint density at radius 2 is 1.50 bits per heavy atom. The highest BCUT2D eigenvalue weighted by Crippen LogP contribution is 2.48. The number of rotatable bonds is 13. The molecule has 2 aromatic carbocycles. The van der Waals surface area contributed by atoms with E-state index in [1.165, 1.54) is 24.3 Å². The van der Waals surface area contributed by atoms with Crippen LogP contribution in [0.2, 0.25) is 5.02 Å². The van der Waals surface area contributed by atoms with Crippen molar-refractivity contribution >= 4 is 56.9 Å². The summed E-state index contributed by atoms with van der Waals surface area (Å²) in [6, 6.07) is 12.6. The molecule has 1 aliphatic carbocycles. The minimum absolute atomic E-state index is 0.0112. The van der Waals surface area contributed by atoms with E-state index < -0.39 is 57.5 Å². The molecule has 1 aromatic heterocycles. The maximum atomic E-state index is 12.9. The molecule has 0 aliphatic heterocycles. The highest BCUT2D eigenvalue weighted by Gasteiger charge is 2.45. The second-order valence-electron chi connectivity index (χ2n) is 11.8. The molecule has 258 valence electrons. The number of nitrogens with one attached hydrogen (secondary N) is 5. The van der Waals surface area contributed by atoms with Crippen LogP contribution in [0.4, 0.5) is 30.8 Å². The Hall–Kier alpha value is -4.71. The number of anilines is 3. The first kappa shape index (κ1) is 36.1. The number of nitrogens with zero attached hydrogens (tertiary/aromatic N) is 3. The number of carbonyl (C=O) groups excluding carboxylic acids is 3. The molecule has 48 heavy (non-hydrogen) atoms. The highest BCUT2D eigenvalue weighted by molar-refractivity contribution is 7.89. The van der Waals surface area contributed by atoms with Gasteiger partial charge in [-0.05, 0) is 60.2 Å². The van der Waals surface area contributed by atoms with E-state index in [0.717, 1.165) is 24.7 Å². The molecule has 3 aromatic rings. The number of sulfonamides is 1. The standard InChI is InChI=1S/C29H32ClF3N8O6S/c1-27(2,15-35-22(43)23(44)41-48(3,45)46)14-34-21(42)17-4-10-20(11-5-17)36-24-37-25(39-26(38-24)47-16-29(31,32)33)40-28(12-13-28)18-6-8-19(30)9-7-18/h4-11H,12-16H2,1-3H3,(H,34,42)(H,35,43)(H,41,44)(H2,36,37,38,39,40). The van der Waals surface area contributed by atoms with Crippen molar-refractivity contribution in [2.75, 3.05) is 36.6 Å². The molecule has 14 nitrogen and oxygen atoms in total. The number of hydrogen-bond acceptors (Lipinski definition) is 11. The van der Waals surface area contributed by atoms with Crippen LogP contribution in [0.3, 0.4) is 0 Å². The molecule has 1 aliphatic rings. The zero-order valence-electron chi connectivity index (χ0n) is 25.9. The van der Waals surface area contributed by atoms with E-state index in [4.69, 9.17) is 16.3 Å². The molecule has 0 unspecified atom stereocenters. The number of amides is 3. The van der Waals surface area contributed by atoms with E-state index in [1.807, 2.05) is 12.1 Å². The van der Waals surface area contributed by atoms with Crippen molar-refractivity contribution in [1.82, 2.24) is 30.3 Å². The monoisotopic (exact) mass is 712 g/mol. The maximum Gasteiger partial charge on any atom is 0.422 e. The van der Waals surface area contributed by atoms with Crippen LogP contribution in [0.5, 0.6) is 6.01 Å². The molecule has 4 rings (SSSR count). The summed E-state index contributed by atoms with van der Waals surface area (Å²) < 4.78 is 67.3. The van der Waals surface area contributed by atoms with Gasteiger partial charge in [-0.2, -0.15) is 28.1 Å². The Bertz CT molecular complexity index is 1770. The molecule has 0 radical (unpaired) electrons. The zero-order chi connectivity index (χ0) is 35.3. The summed E-state index contributed by atoms with van der Waals surface area (Å²) >= 11 is 6.01. The van der Waals surface area contributed by atoms with Gasteiger partial charge in [-0.25, -0.2) is 13.1 Å². The van der Waals surface area contributed by atoms with Crippen LogP contribution in [-0.4, -0.2) is 73.2 Å². The molecule has 0 bridgehead atoms. The average molecular weight is 713 g/mol. The molecule has 1 heterocycles. The number of benzene rings is 2. The fourth-order valence-electron chi connectivity index (χ4n) is 4.21. The largest absolute Gasteiger partial charge is 0.454 e. The molecular formula is C29H32ClF3N8O6S. The number of alkyl halides is 3. The highest BCUT2D eigenvalue weighted by atomic mass is 35.5. The summed E-state index contributed by atoms with van der Waals surface area (Å²) in [7, 11) is -3.90. The van der Waals surface area contributed by atoms with Crippen LogP contribution >= 0.6 is 11.6 Å². The third kappa shape index (κ3) is 10.9. The van der Waals surface area contributed by atoms with Gasteiger partial charge in [0.25, 0.3) is 5.91 Å². The molecule has 1 saturated carbocycles. The van der Waals surface area contributed by atoms with E-state index in [0.29, 0.717) is 10.7 Å². The van der Waals surface area contributed by atoms with Crippen molar-refractivity contribution in [1.29, 1.82) is 0 Å². The van der Waals surface area contributed by atoms with Crippen LogP contribution in [0.25, 0.3) is 0 Å². The van der Waals surface area contributed by atoms with Gasteiger partial charge in [-0.15, -0.1) is 0 Å². The van der Waals surface area contributed by atoms with Gasteiger partial charge < -0.3 is 26.0 Å². The summed E-state index contributed by atoms with van der Waals surface area (Å²) in [5.74, 6) is -3.05. The van der Waals surface area contributed by atoms with Gasteiger partial charge in [-0.3, -0.25) is 14.4 Å². The van der Waals surface area contributed by atoms with Crippen molar-refractivity contribution in [2.24, 2.45) is 5.41 Å². The van der Waals surface area contributed by atoms with Gasteiger partial charge in [-0.1, -0.05) is 37.6 Å². The zero-order valence-corrected chi connectivity index (χ0v) is 27.4. The topological polar surface area (TPSA) is 193 Å². The number of hydrogen-bond donors (Lipinski definition) is 5. The normalized spacial score (nSPS) is 14.0. The van der Waals surface area contributed by atoms with Crippen molar-refractivity contribution in [3.8, 4) is 6.01 Å². The first-order valence-electron chi connectivity index (χ1n) is 14.3. The lowest BCUT2D eigenvalue weighted by atomic mass is 9.93. The molecule has 0 atom stereocenters. The third-order valence-electron chi connectivity index (χ3n) is 6.82. The Labute approximate surface area is 278 Å². The molecule has 0 spiro atoms. The van der Waals surface area contributed by atoms with Gasteiger partial charge in [0.2, 0.25) is 21.9 Å². The Morgan fingerprint density at radius 1 is 0.896 bits per heavy atom. The number of carbonyl (C=O) groups is 3.